The van der Waals surface area contributed by atoms with Crippen molar-refractivity contribution in [3.8, 4) is 0 Å². The van der Waals surface area contributed by atoms with Gasteiger partial charge in [-0.2, -0.15) is 0 Å². The van der Waals surface area contributed by atoms with Crippen LogP contribution in [0.3, 0.4) is 0 Å². The zero-order valence-corrected chi connectivity index (χ0v) is 25.8. The number of ether oxygens (including phenoxy) is 1. The van der Waals surface area contributed by atoms with Crippen LogP contribution in [0.5, 0.6) is 0 Å². The van der Waals surface area contributed by atoms with Crippen LogP contribution in [0.15, 0.2) is 36.4 Å². The van der Waals surface area contributed by atoms with Crippen LogP contribution in [0.2, 0.25) is 0 Å². The van der Waals surface area contributed by atoms with Gasteiger partial charge in [0.2, 0.25) is 23.8 Å². The highest BCUT2D eigenvalue weighted by molar-refractivity contribution is 6.12. The van der Waals surface area contributed by atoms with Crippen LogP contribution in [-0.4, -0.2) is 114 Å². The number of unbranched alkanes of at least 4 members (excludes halogenated alkanes) is 2. The van der Waals surface area contributed by atoms with Gasteiger partial charge in [0.1, 0.15) is 5.41 Å². The first-order chi connectivity index (χ1) is 22.0. The minimum atomic E-state index is -1.58. The largest absolute Gasteiger partial charge is 0.506 e. The van der Waals surface area contributed by atoms with Gasteiger partial charge in [-0.15, -0.1) is 0 Å². The predicted molar refractivity (Wildman–Crippen MR) is 163 cm³/mol. The summed E-state index contributed by atoms with van der Waals surface area (Å²) < 4.78 is 4.92. The van der Waals surface area contributed by atoms with E-state index < -0.39 is 41.3 Å². The van der Waals surface area contributed by atoms with Crippen LogP contribution < -0.4 is 16.0 Å². The number of hydrogen-bond donors (Lipinski definition) is 4. The van der Waals surface area contributed by atoms with Gasteiger partial charge < -0.3 is 35.6 Å². The highest BCUT2D eigenvalue weighted by Crippen LogP contribution is 2.41. The molecule has 0 spiro atoms. The number of anilines is 1. The van der Waals surface area contributed by atoms with Crippen molar-refractivity contribution in [2.24, 2.45) is 5.41 Å². The number of hydrogen-bond acceptors (Lipinski definition) is 9. The molecule has 1 aromatic rings. The van der Waals surface area contributed by atoms with E-state index in [1.165, 1.54) is 41.3 Å². The molecule has 1 aliphatic carbocycles. The minimum Gasteiger partial charge on any atom is -0.450 e. The average Bonchev–Trinajstić information content (AvgIpc) is 3.32. The number of carbonyl (C=O) groups excluding carboxylic acids is 6. The van der Waals surface area contributed by atoms with Crippen molar-refractivity contribution in [3.05, 3.63) is 42.0 Å². The quantitative estimate of drug-likeness (QED) is 0.0970. The molecular formula is C31H40N6O9. The second-order valence-electron chi connectivity index (χ2n) is 11.7. The zero-order chi connectivity index (χ0) is 33.3. The standard InChI is InChI=1S/C31H40N6O9/c1-35-16-18-36(19-17-35)27(41)26(46-30(44)45)21-6-8-22(9-7-21)34-23(38)20-33-29(43)31(12-5-13-31)28(42)32-14-3-2-4-15-37-24(39)10-11-25(37)40/h6-11,26H,2-5,12-20H2,1H3,(H,32,42)(H,33,43)(H,34,38)(H,44,45). The fourth-order valence-corrected chi connectivity index (χ4v) is 5.51. The molecule has 1 atom stereocenters. The molecule has 15 heteroatoms. The molecule has 4 N–H and O–H groups in total. The number of carbonyl (C=O) groups is 7. The molecule has 1 aromatic carbocycles. The summed E-state index contributed by atoms with van der Waals surface area (Å²) in [5.74, 6) is -2.58. The van der Waals surface area contributed by atoms with E-state index in [4.69, 9.17) is 4.74 Å². The number of benzene rings is 1. The Morgan fingerprint density at radius 2 is 1.52 bits per heavy atom. The summed E-state index contributed by atoms with van der Waals surface area (Å²) in [6.07, 6.45) is 2.88. The van der Waals surface area contributed by atoms with Gasteiger partial charge in [0.15, 0.2) is 0 Å². The molecule has 2 heterocycles. The van der Waals surface area contributed by atoms with Gasteiger partial charge in [0.05, 0.1) is 6.54 Å². The Morgan fingerprint density at radius 3 is 2.11 bits per heavy atom. The Hall–Kier alpha value is -4.79. The van der Waals surface area contributed by atoms with Crippen molar-refractivity contribution < 1.29 is 43.4 Å². The highest BCUT2D eigenvalue weighted by Gasteiger charge is 2.50. The van der Waals surface area contributed by atoms with E-state index >= 15 is 0 Å². The lowest BCUT2D eigenvalue weighted by Gasteiger charge is -2.38. The van der Waals surface area contributed by atoms with E-state index in [2.05, 4.69) is 20.9 Å². The summed E-state index contributed by atoms with van der Waals surface area (Å²) in [7, 11) is 1.94. The number of imide groups is 1. The summed E-state index contributed by atoms with van der Waals surface area (Å²) in [6, 6.07) is 5.99. The molecule has 2 fully saturated rings. The number of nitrogens with one attached hydrogen (secondary N) is 3. The first-order valence-electron chi connectivity index (χ1n) is 15.4. The van der Waals surface area contributed by atoms with Gasteiger partial charge in [-0.1, -0.05) is 18.6 Å². The van der Waals surface area contributed by atoms with E-state index in [0.29, 0.717) is 89.0 Å². The van der Waals surface area contributed by atoms with Crippen molar-refractivity contribution in [3.63, 3.8) is 0 Å². The number of piperazine rings is 1. The molecular weight excluding hydrogens is 600 g/mol. The number of likely N-dealkylation sites (N-methyl/N-ethyl adjacent to an activating group) is 1. The van der Waals surface area contributed by atoms with Gasteiger partial charge in [0.25, 0.3) is 17.7 Å². The van der Waals surface area contributed by atoms with E-state index in [-0.39, 0.29) is 18.4 Å². The molecule has 0 bridgehead atoms. The van der Waals surface area contributed by atoms with Crippen LogP contribution >= 0.6 is 0 Å². The lowest BCUT2D eigenvalue weighted by atomic mass is 9.67. The van der Waals surface area contributed by atoms with E-state index in [0.717, 1.165) is 0 Å². The van der Waals surface area contributed by atoms with Gasteiger partial charge in [-0.05, 0) is 51.3 Å². The van der Waals surface area contributed by atoms with Gasteiger partial charge in [-0.3, -0.25) is 33.7 Å². The third-order valence-corrected chi connectivity index (χ3v) is 8.49. The third-order valence-electron chi connectivity index (χ3n) is 8.49. The summed E-state index contributed by atoms with van der Waals surface area (Å²) in [4.78, 5) is 90.8. The van der Waals surface area contributed by atoms with Crippen molar-refractivity contribution in [2.45, 2.75) is 44.6 Å². The Labute approximate surface area is 266 Å². The van der Waals surface area contributed by atoms with Crippen molar-refractivity contribution in [1.29, 1.82) is 0 Å². The third kappa shape index (κ3) is 8.47. The highest BCUT2D eigenvalue weighted by atomic mass is 16.7. The summed E-state index contributed by atoms with van der Waals surface area (Å²) in [5.41, 5.74) is -0.572. The number of carboxylic acid groups (broad SMARTS) is 1. The molecule has 1 unspecified atom stereocenters. The van der Waals surface area contributed by atoms with Gasteiger partial charge in [0, 0.05) is 62.7 Å². The molecule has 2 aliphatic heterocycles. The molecule has 3 aliphatic rings. The minimum absolute atomic E-state index is 0.310. The Morgan fingerprint density at radius 1 is 0.891 bits per heavy atom. The van der Waals surface area contributed by atoms with Crippen molar-refractivity contribution >= 4 is 47.3 Å². The van der Waals surface area contributed by atoms with Gasteiger partial charge >= 0.3 is 6.16 Å². The molecule has 0 aromatic heterocycles. The lowest BCUT2D eigenvalue weighted by Crippen LogP contribution is -2.56. The number of rotatable bonds is 14. The molecule has 1 saturated carbocycles. The zero-order valence-electron chi connectivity index (χ0n) is 25.8. The summed E-state index contributed by atoms with van der Waals surface area (Å²) in [6.45, 7) is 2.49. The Balaban J connectivity index is 1.21. The van der Waals surface area contributed by atoms with Crippen LogP contribution in [0.4, 0.5) is 10.5 Å². The maximum Gasteiger partial charge on any atom is 0.506 e. The van der Waals surface area contributed by atoms with Crippen LogP contribution in [0.1, 0.15) is 50.2 Å². The molecule has 248 valence electrons. The number of nitrogens with zero attached hydrogens (tertiary/aromatic N) is 3. The molecule has 15 nitrogen and oxygen atoms in total. The van der Waals surface area contributed by atoms with Crippen LogP contribution in [-0.2, 0) is 33.5 Å². The maximum absolute atomic E-state index is 13.0. The topological polar surface area (TPSA) is 195 Å². The fraction of sp³-hybridized carbons (Fsp3) is 0.516. The Kier molecular flexibility index (Phi) is 11.5. The van der Waals surface area contributed by atoms with Crippen LogP contribution in [0.25, 0.3) is 0 Å². The monoisotopic (exact) mass is 640 g/mol. The summed E-state index contributed by atoms with van der Waals surface area (Å²) in [5, 5.41) is 17.2. The predicted octanol–water partition coefficient (Wildman–Crippen LogP) is 0.633. The second kappa shape index (κ2) is 15.5. The average molecular weight is 641 g/mol. The Bertz CT molecular complexity index is 1350. The molecule has 46 heavy (non-hydrogen) atoms. The first-order valence-corrected chi connectivity index (χ1v) is 15.4. The van der Waals surface area contributed by atoms with Gasteiger partial charge in [-0.25, -0.2) is 4.79 Å². The van der Waals surface area contributed by atoms with E-state index in [1.54, 1.807) is 4.90 Å². The smallest absolute Gasteiger partial charge is 0.450 e. The van der Waals surface area contributed by atoms with Crippen LogP contribution in [0, 0.1) is 5.41 Å². The maximum atomic E-state index is 13.0. The second-order valence-corrected chi connectivity index (χ2v) is 11.7. The van der Waals surface area contributed by atoms with Crippen molar-refractivity contribution in [1.82, 2.24) is 25.3 Å². The normalized spacial score (nSPS) is 18.0. The van der Waals surface area contributed by atoms with E-state index in [1.807, 2.05) is 7.05 Å². The molecule has 4 rings (SSSR count). The van der Waals surface area contributed by atoms with Crippen molar-refractivity contribution in [2.75, 3.05) is 58.2 Å². The molecule has 1 saturated heterocycles. The summed E-state index contributed by atoms with van der Waals surface area (Å²) >= 11 is 0. The van der Waals surface area contributed by atoms with E-state index in [9.17, 15) is 38.7 Å². The fourth-order valence-electron chi connectivity index (χ4n) is 5.51. The number of amides is 6. The first kappa shape index (κ1) is 34.1. The SMILES string of the molecule is CN1CCN(C(=O)C(OC(=O)O)c2ccc(NC(=O)CNC(=O)C3(C(=O)NCCCCCN4C(=O)C=CC4=O)CCC3)cc2)CC1. The molecule has 6 amide bonds. The lowest BCUT2D eigenvalue weighted by molar-refractivity contribution is -0.150. The molecule has 0 radical (unpaired) electrons.